The highest BCUT2D eigenvalue weighted by Crippen LogP contribution is 2.24. The number of hydrogen-bond donors (Lipinski definition) is 2. The molecule has 0 radical (unpaired) electrons. The molecule has 0 saturated heterocycles. The van der Waals surface area contributed by atoms with E-state index in [-0.39, 0.29) is 11.7 Å². The molecular formula is C25H21N9OS. The van der Waals surface area contributed by atoms with E-state index < -0.39 is 0 Å². The fourth-order valence-electron chi connectivity index (χ4n) is 3.72. The van der Waals surface area contributed by atoms with E-state index in [1.807, 2.05) is 44.2 Å². The Morgan fingerprint density at radius 2 is 1.89 bits per heavy atom. The van der Waals surface area contributed by atoms with Crippen LogP contribution < -0.4 is 11.1 Å². The smallest absolute Gasteiger partial charge is 0.255 e. The Balaban J connectivity index is 1.29. The number of fused-ring (bicyclic) bond motifs is 1. The summed E-state index contributed by atoms with van der Waals surface area (Å²) in [5.74, 6) is 1.04. The van der Waals surface area contributed by atoms with Gasteiger partial charge in [0.15, 0.2) is 5.82 Å². The van der Waals surface area contributed by atoms with Gasteiger partial charge >= 0.3 is 0 Å². The first kappa shape index (κ1) is 23.1. The second kappa shape index (κ2) is 9.52. The van der Waals surface area contributed by atoms with E-state index in [9.17, 15) is 4.79 Å². The minimum Gasteiger partial charge on any atom is -0.381 e. The number of nitrogen functional groups attached to an aromatic ring is 1. The molecule has 178 valence electrons. The van der Waals surface area contributed by atoms with Crippen LogP contribution in [0.15, 0.2) is 66.0 Å². The Kier molecular flexibility index (Phi) is 6.10. The van der Waals surface area contributed by atoms with Crippen LogP contribution in [0.25, 0.3) is 11.5 Å². The fourth-order valence-corrected chi connectivity index (χ4v) is 4.54. The first-order valence-electron chi connectivity index (χ1n) is 11.0. The van der Waals surface area contributed by atoms with Crippen molar-refractivity contribution in [1.29, 1.82) is 5.26 Å². The molecule has 0 spiro atoms. The summed E-state index contributed by atoms with van der Waals surface area (Å²) in [7, 11) is 0. The van der Waals surface area contributed by atoms with Crippen molar-refractivity contribution < 1.29 is 4.79 Å². The third kappa shape index (κ3) is 4.62. The number of rotatable bonds is 6. The normalized spacial score (nSPS) is 10.9. The lowest BCUT2D eigenvalue weighted by Gasteiger charge is -2.10. The molecule has 36 heavy (non-hydrogen) atoms. The van der Waals surface area contributed by atoms with Crippen molar-refractivity contribution in [3.63, 3.8) is 0 Å². The largest absolute Gasteiger partial charge is 0.381 e. The number of carbonyl (C=O) groups is 1. The number of amides is 1. The lowest BCUT2D eigenvalue weighted by molar-refractivity contribution is 0.102. The molecule has 0 fully saturated rings. The average Bonchev–Trinajstić information content (AvgIpc) is 3.46. The molecule has 3 heterocycles. The van der Waals surface area contributed by atoms with Gasteiger partial charge < -0.3 is 11.1 Å². The molecule has 0 aliphatic carbocycles. The molecule has 1 amide bonds. The maximum atomic E-state index is 13.1. The number of benzene rings is 2. The number of hydrogen-bond acceptors (Lipinski definition) is 8. The van der Waals surface area contributed by atoms with Crippen LogP contribution in [-0.2, 0) is 5.75 Å². The molecule has 0 atom stereocenters. The van der Waals surface area contributed by atoms with Gasteiger partial charge in [-0.25, -0.2) is 14.2 Å². The van der Waals surface area contributed by atoms with Crippen molar-refractivity contribution in [2.45, 2.75) is 24.8 Å². The van der Waals surface area contributed by atoms with E-state index in [1.54, 1.807) is 41.0 Å². The molecule has 0 bridgehead atoms. The molecule has 2 aromatic carbocycles. The monoisotopic (exact) mass is 495 g/mol. The average molecular weight is 496 g/mol. The molecule has 3 N–H and O–H groups in total. The zero-order valence-corrected chi connectivity index (χ0v) is 20.3. The van der Waals surface area contributed by atoms with Crippen LogP contribution in [0.4, 0.5) is 11.5 Å². The van der Waals surface area contributed by atoms with Crippen LogP contribution in [0.5, 0.6) is 0 Å². The van der Waals surface area contributed by atoms with E-state index in [0.717, 1.165) is 22.6 Å². The van der Waals surface area contributed by atoms with Crippen molar-refractivity contribution in [2.24, 2.45) is 0 Å². The number of nitrogens with zero attached hydrogens (tertiary/aromatic N) is 7. The second-order valence-corrected chi connectivity index (χ2v) is 9.02. The number of aromatic nitrogens is 6. The number of nitrogens with two attached hydrogens (primary N) is 1. The third-order valence-corrected chi connectivity index (χ3v) is 6.36. The van der Waals surface area contributed by atoms with Crippen molar-refractivity contribution in [2.75, 3.05) is 11.1 Å². The fraction of sp³-hybridized carbons (Fsp3) is 0.120. The Morgan fingerprint density at radius 3 is 2.64 bits per heavy atom. The highest BCUT2D eigenvalue weighted by atomic mass is 32.2. The molecule has 3 aromatic heterocycles. The van der Waals surface area contributed by atoms with Crippen molar-refractivity contribution in [1.82, 2.24) is 29.4 Å². The second-order valence-electron chi connectivity index (χ2n) is 8.08. The van der Waals surface area contributed by atoms with Crippen LogP contribution in [0.1, 0.15) is 32.9 Å². The van der Waals surface area contributed by atoms with Crippen molar-refractivity contribution >= 4 is 35.0 Å². The van der Waals surface area contributed by atoms with Gasteiger partial charge in [-0.2, -0.15) is 10.2 Å². The van der Waals surface area contributed by atoms with Gasteiger partial charge in [-0.1, -0.05) is 30.0 Å². The topological polar surface area (TPSA) is 140 Å². The quantitative estimate of drug-likeness (QED) is 0.338. The summed E-state index contributed by atoms with van der Waals surface area (Å²) >= 11 is 1.45. The summed E-state index contributed by atoms with van der Waals surface area (Å²) in [4.78, 5) is 22.0. The van der Waals surface area contributed by atoms with Gasteiger partial charge in [0.2, 0.25) is 5.16 Å². The number of anilines is 2. The highest BCUT2D eigenvalue weighted by Gasteiger charge is 2.14. The molecule has 0 unspecified atom stereocenters. The molecule has 11 heteroatoms. The van der Waals surface area contributed by atoms with E-state index in [2.05, 4.69) is 25.5 Å². The van der Waals surface area contributed by atoms with Crippen molar-refractivity contribution in [3.8, 4) is 11.8 Å². The van der Waals surface area contributed by atoms with Crippen LogP contribution in [0.3, 0.4) is 0 Å². The lowest BCUT2D eigenvalue weighted by atomic mass is 10.1. The number of nitrogens with one attached hydrogen (secondary N) is 1. The van der Waals surface area contributed by atoms with Gasteiger partial charge in [0.05, 0.1) is 11.9 Å². The van der Waals surface area contributed by atoms with Crippen molar-refractivity contribution in [3.05, 3.63) is 88.9 Å². The van der Waals surface area contributed by atoms with E-state index in [1.165, 1.54) is 16.4 Å². The predicted octanol–water partition coefficient (Wildman–Crippen LogP) is 3.93. The van der Waals surface area contributed by atoms with Gasteiger partial charge in [-0.3, -0.25) is 4.79 Å². The minimum atomic E-state index is -0.217. The Hall–Kier alpha value is -4.69. The summed E-state index contributed by atoms with van der Waals surface area (Å²) in [5, 5.41) is 21.3. The maximum Gasteiger partial charge on any atom is 0.255 e. The molecule has 0 aliphatic rings. The number of nitriles is 1. The molecule has 0 saturated carbocycles. The van der Waals surface area contributed by atoms with Crippen LogP contribution in [0, 0.1) is 25.2 Å². The molecule has 0 aliphatic heterocycles. The zero-order chi connectivity index (χ0) is 25.2. The summed E-state index contributed by atoms with van der Waals surface area (Å²) in [5.41, 5.74) is 10.7. The van der Waals surface area contributed by atoms with E-state index >= 15 is 0 Å². The Labute approximate surface area is 210 Å². The number of aryl methyl sites for hydroxylation is 2. The van der Waals surface area contributed by atoms with Gasteiger partial charge in [-0.05, 0) is 55.8 Å². The lowest BCUT2D eigenvalue weighted by Crippen LogP contribution is -2.14. The van der Waals surface area contributed by atoms with Gasteiger partial charge in [0.25, 0.3) is 11.7 Å². The number of carbonyl (C=O) groups excluding carboxylic acids is 1. The SMILES string of the molecule is Cc1cc(C)n2nc(SCc3ccccc3C(=O)Nc3ccc(-n4cc(C#N)c(N)n4)cc3)nc2n1. The minimum absolute atomic E-state index is 0.171. The molecule has 10 nitrogen and oxygen atoms in total. The summed E-state index contributed by atoms with van der Waals surface area (Å²) in [6.07, 6.45) is 1.56. The van der Waals surface area contributed by atoms with Crippen LogP contribution in [0.2, 0.25) is 0 Å². The summed E-state index contributed by atoms with van der Waals surface area (Å²) in [6, 6.07) is 18.5. The highest BCUT2D eigenvalue weighted by molar-refractivity contribution is 7.98. The van der Waals surface area contributed by atoms with Gasteiger partial charge in [0, 0.05) is 28.4 Å². The summed E-state index contributed by atoms with van der Waals surface area (Å²) in [6.45, 7) is 3.89. The van der Waals surface area contributed by atoms with Gasteiger partial charge in [0.1, 0.15) is 11.6 Å². The molecular weight excluding hydrogens is 474 g/mol. The standard InChI is InChI=1S/C25H21N9OS/c1-15-11-16(2)34-24(28-15)30-25(32-34)36-14-17-5-3-4-6-21(17)23(35)29-19-7-9-20(10-8-19)33-13-18(12-26)22(27)31-33/h3-11,13H,14H2,1-2H3,(H2,27,31)(H,29,35). The third-order valence-electron chi connectivity index (χ3n) is 5.47. The first-order valence-corrected chi connectivity index (χ1v) is 12.0. The molecule has 5 aromatic rings. The predicted molar refractivity (Wildman–Crippen MR) is 137 cm³/mol. The first-order chi connectivity index (χ1) is 17.4. The van der Waals surface area contributed by atoms with E-state index in [0.29, 0.717) is 33.5 Å². The molecule has 5 rings (SSSR count). The van der Waals surface area contributed by atoms with Gasteiger partial charge in [-0.15, -0.1) is 10.2 Å². The van der Waals surface area contributed by atoms with Crippen LogP contribution >= 0.6 is 11.8 Å². The number of thioether (sulfide) groups is 1. The van der Waals surface area contributed by atoms with E-state index in [4.69, 9.17) is 11.0 Å². The maximum absolute atomic E-state index is 13.1. The Morgan fingerprint density at radius 1 is 1.11 bits per heavy atom. The van der Waals surface area contributed by atoms with Crippen LogP contribution in [-0.4, -0.2) is 35.3 Å². The summed E-state index contributed by atoms with van der Waals surface area (Å²) < 4.78 is 3.24. The Bertz CT molecular complexity index is 1630. The zero-order valence-electron chi connectivity index (χ0n) is 19.5.